The van der Waals surface area contributed by atoms with Gasteiger partial charge in [0.15, 0.2) is 66.7 Å². The molecule has 28 heteroatoms. The van der Waals surface area contributed by atoms with Crippen LogP contribution in [0.25, 0.3) is 0 Å². The summed E-state index contributed by atoms with van der Waals surface area (Å²) < 4.78 is 92.8. The van der Waals surface area contributed by atoms with E-state index in [1.54, 1.807) is 0 Å². The summed E-state index contributed by atoms with van der Waals surface area (Å²) in [5.41, 5.74) is 0. The number of thioether (sulfide) groups is 1. The molecule has 73 heavy (non-hydrogen) atoms. The van der Waals surface area contributed by atoms with E-state index in [-0.39, 0.29) is 11.7 Å². The lowest BCUT2D eigenvalue weighted by Gasteiger charge is -2.50. The predicted octanol–water partition coefficient (Wildman–Crippen LogP) is 0.609. The molecule has 412 valence electrons. The van der Waals surface area contributed by atoms with Crippen molar-refractivity contribution in [2.75, 3.05) is 32.2 Å². The van der Waals surface area contributed by atoms with Crippen LogP contribution in [0.3, 0.4) is 0 Å². The van der Waals surface area contributed by atoms with Gasteiger partial charge in [0.25, 0.3) is 0 Å². The van der Waals surface area contributed by atoms with Crippen LogP contribution in [0.2, 0.25) is 0 Å². The summed E-state index contributed by atoms with van der Waals surface area (Å²) in [6, 6.07) is 0. The Bertz CT molecular complexity index is 1960. The van der Waals surface area contributed by atoms with Gasteiger partial charge in [-0.25, -0.2) is 0 Å². The lowest BCUT2D eigenvalue weighted by atomic mass is 9.95. The summed E-state index contributed by atoms with van der Waals surface area (Å²) in [4.78, 5) is 137. The van der Waals surface area contributed by atoms with Gasteiger partial charge in [0.05, 0.1) is 0 Å². The van der Waals surface area contributed by atoms with Gasteiger partial charge in [-0.15, -0.1) is 0 Å². The van der Waals surface area contributed by atoms with E-state index in [1.807, 2.05) is 0 Å². The second-order valence-corrected chi connectivity index (χ2v) is 17.8. The molecule has 0 N–H and O–H groups in total. The molecule has 0 aromatic rings. The van der Waals surface area contributed by atoms with Gasteiger partial charge in [0, 0.05) is 88.5 Å². The molecule has 0 amide bonds. The number of ether oxygens (including phenoxy) is 16. The van der Waals surface area contributed by atoms with Gasteiger partial charge < -0.3 is 75.8 Å². The first-order chi connectivity index (χ1) is 34.3. The second-order valence-electron chi connectivity index (χ2n) is 16.5. The second kappa shape index (κ2) is 30.0. The van der Waals surface area contributed by atoms with Crippen LogP contribution in [0.15, 0.2) is 0 Å². The average molecular weight is 1070 g/mol. The maximum absolute atomic E-state index is 13.1. The summed E-state index contributed by atoms with van der Waals surface area (Å²) in [7, 11) is 0. The fraction of sp³-hybridized carbons (Fsp3) is 0.756. The number of rotatable bonds is 24. The SMILES string of the molecule is CC(=O)OC[C@H]1O[C@H](O[C@@H]2[C@H](OC(C)=O)[C@@H](OC(C)=O)[C@H](O[C@H]3[C@H](OC(C)=O)[C@@H](OC(C)=O)[C@H](OCCCCCSC(C)=O)O[C@@H]3COC(C)=O)O[C@@H]2COC(C)=O)[C@H](OC(C)=O)[C@@H](OC(C)=O)[C@H]1OC(C)=O. The average Bonchev–Trinajstić information content (AvgIpc) is 3.25. The Morgan fingerprint density at radius 1 is 0.342 bits per heavy atom. The Balaban J connectivity index is 2.24. The summed E-state index contributed by atoms with van der Waals surface area (Å²) in [5, 5.41) is -0.0424. The maximum atomic E-state index is 13.1. The molecule has 3 saturated heterocycles. The van der Waals surface area contributed by atoms with Crippen LogP contribution in [-0.4, -0.2) is 189 Å². The molecule has 3 fully saturated rings. The van der Waals surface area contributed by atoms with E-state index in [1.165, 1.54) is 6.92 Å². The van der Waals surface area contributed by atoms with E-state index >= 15 is 0 Å². The summed E-state index contributed by atoms with van der Waals surface area (Å²) in [5.74, 6) is -8.85. The van der Waals surface area contributed by atoms with Gasteiger partial charge in [-0.05, 0) is 12.8 Å². The largest absolute Gasteiger partial charge is 0.463 e. The molecule has 3 aliphatic heterocycles. The van der Waals surface area contributed by atoms with Crippen molar-refractivity contribution in [3.63, 3.8) is 0 Å². The third kappa shape index (κ3) is 20.7. The molecule has 0 radical (unpaired) electrons. The zero-order chi connectivity index (χ0) is 54.7. The molecule has 3 heterocycles. The molecule has 3 aliphatic rings. The van der Waals surface area contributed by atoms with Gasteiger partial charge >= 0.3 is 59.7 Å². The Morgan fingerprint density at radius 2 is 0.644 bits per heavy atom. The number of carbonyl (C=O) groups excluding carboxylic acids is 11. The molecule has 0 aromatic carbocycles. The van der Waals surface area contributed by atoms with Crippen LogP contribution < -0.4 is 0 Å². The standard InChI is InChI=1S/C45H64O27S/c1-20(46)58-17-31-34(61-23(4)49)37(62-24(5)50)41(66-28(9)54)44(69-31)72-36-33(19-60-22(3)48)70-45(42(67-29(10)55)39(36)64-26(7)52)71-35-32(18-59-21(2)47)68-43(57-15-13-12-14-16-73-30(11)56)40(65-27(8)53)38(35)63-25(6)51/h31-45H,12-19H2,1-11H3/t31-,32-,33-,34+,35-,36+,37+,38+,39+,40-,41-,42-,43-,44-,45+/m1/s1. The first kappa shape index (κ1) is 61.8. The maximum Gasteiger partial charge on any atom is 0.303 e. The number of esters is 10. The molecule has 0 unspecified atom stereocenters. The van der Waals surface area contributed by atoms with Gasteiger partial charge in [-0.3, -0.25) is 52.7 Å². The van der Waals surface area contributed by atoms with Crippen molar-refractivity contribution >= 4 is 76.6 Å². The molecule has 0 spiro atoms. The molecule has 0 aliphatic carbocycles. The van der Waals surface area contributed by atoms with E-state index in [4.69, 9.17) is 75.8 Å². The van der Waals surface area contributed by atoms with Crippen LogP contribution >= 0.6 is 11.8 Å². The van der Waals surface area contributed by atoms with Crippen LogP contribution in [0.4, 0.5) is 0 Å². The minimum Gasteiger partial charge on any atom is -0.463 e. The molecule has 3 rings (SSSR count). The Kier molecular flexibility index (Phi) is 25.4. The summed E-state index contributed by atoms with van der Waals surface area (Å²) in [6.07, 6.45) is -24.6. The third-order valence-electron chi connectivity index (χ3n) is 10.2. The quantitative estimate of drug-likeness (QED) is 0.0726. The molecule has 0 bridgehead atoms. The molecule has 0 saturated carbocycles. The van der Waals surface area contributed by atoms with E-state index in [0.717, 1.165) is 81.0 Å². The highest BCUT2D eigenvalue weighted by Gasteiger charge is 2.60. The lowest BCUT2D eigenvalue weighted by Crippen LogP contribution is -2.69. The molecule has 0 aromatic heterocycles. The van der Waals surface area contributed by atoms with Crippen LogP contribution in [0.5, 0.6) is 0 Å². The van der Waals surface area contributed by atoms with Crippen LogP contribution in [0, 0.1) is 0 Å². The zero-order valence-corrected chi connectivity index (χ0v) is 43.1. The third-order valence-corrected chi connectivity index (χ3v) is 11.1. The highest BCUT2D eigenvalue weighted by atomic mass is 32.2. The van der Waals surface area contributed by atoms with E-state index < -0.39 is 172 Å². The number of unbranched alkanes of at least 4 members (excludes halogenated alkanes) is 2. The van der Waals surface area contributed by atoms with Gasteiger partial charge in [-0.2, -0.15) is 0 Å². The Hall–Kier alpha value is -5.52. The molecular weight excluding hydrogens is 1000 g/mol. The Labute approximate surface area is 423 Å². The van der Waals surface area contributed by atoms with E-state index in [2.05, 4.69) is 0 Å². The zero-order valence-electron chi connectivity index (χ0n) is 42.2. The molecular formula is C45H64O27S. The van der Waals surface area contributed by atoms with Crippen LogP contribution in [-0.2, 0) is 129 Å². The molecule has 15 atom stereocenters. The number of carbonyl (C=O) groups is 11. The van der Waals surface area contributed by atoms with Crippen LogP contribution in [0.1, 0.15) is 95.4 Å². The minimum atomic E-state index is -2.01. The highest BCUT2D eigenvalue weighted by molar-refractivity contribution is 8.13. The number of hydrogen-bond acceptors (Lipinski definition) is 28. The van der Waals surface area contributed by atoms with E-state index in [0.29, 0.717) is 25.0 Å². The van der Waals surface area contributed by atoms with Crippen molar-refractivity contribution < 1.29 is 129 Å². The van der Waals surface area contributed by atoms with Gasteiger partial charge in [-0.1, -0.05) is 18.2 Å². The predicted molar refractivity (Wildman–Crippen MR) is 237 cm³/mol. The fourth-order valence-electron chi connectivity index (χ4n) is 7.69. The van der Waals surface area contributed by atoms with Crippen molar-refractivity contribution in [3.8, 4) is 0 Å². The Morgan fingerprint density at radius 3 is 0.986 bits per heavy atom. The van der Waals surface area contributed by atoms with Crippen molar-refractivity contribution in [1.29, 1.82) is 0 Å². The molecule has 27 nitrogen and oxygen atoms in total. The monoisotopic (exact) mass is 1070 g/mol. The van der Waals surface area contributed by atoms with Crippen molar-refractivity contribution in [3.05, 3.63) is 0 Å². The normalized spacial score (nSPS) is 29.7. The van der Waals surface area contributed by atoms with Crippen molar-refractivity contribution in [1.82, 2.24) is 0 Å². The smallest absolute Gasteiger partial charge is 0.303 e. The fourth-order valence-corrected chi connectivity index (χ4v) is 8.32. The summed E-state index contributed by atoms with van der Waals surface area (Å²) >= 11 is 1.16. The first-order valence-electron chi connectivity index (χ1n) is 22.9. The van der Waals surface area contributed by atoms with Gasteiger partial charge in [0.1, 0.15) is 50.3 Å². The van der Waals surface area contributed by atoms with E-state index in [9.17, 15) is 52.7 Å². The topological polar surface area (TPSA) is 335 Å². The van der Waals surface area contributed by atoms with Crippen molar-refractivity contribution in [2.45, 2.75) is 188 Å². The van der Waals surface area contributed by atoms with Crippen molar-refractivity contribution in [2.24, 2.45) is 0 Å². The first-order valence-corrected chi connectivity index (χ1v) is 23.9. The minimum absolute atomic E-state index is 0.00509. The van der Waals surface area contributed by atoms with Gasteiger partial charge in [0.2, 0.25) is 0 Å². The lowest BCUT2D eigenvalue weighted by molar-refractivity contribution is -0.380. The summed E-state index contributed by atoms with van der Waals surface area (Å²) in [6.45, 7) is 9.43. The number of hydrogen-bond donors (Lipinski definition) is 0. The highest BCUT2D eigenvalue weighted by Crippen LogP contribution is 2.38.